The number of anilines is 1. The van der Waals surface area contributed by atoms with Gasteiger partial charge in [0.15, 0.2) is 0 Å². The topological polar surface area (TPSA) is 56.1 Å². The van der Waals surface area contributed by atoms with Gasteiger partial charge in [-0.05, 0) is 77.6 Å². The largest absolute Gasteiger partial charge is 0.360 e. The maximum absolute atomic E-state index is 12.7. The lowest BCUT2D eigenvalue weighted by molar-refractivity contribution is -0.128. The molecule has 0 atom stereocenters. The first kappa shape index (κ1) is 19.4. The molecule has 0 aliphatic carbocycles. The second-order valence-corrected chi connectivity index (χ2v) is 7.99. The Kier molecular flexibility index (Phi) is 6.88. The van der Waals surface area contributed by atoms with E-state index in [4.69, 9.17) is 0 Å². The lowest BCUT2D eigenvalue weighted by Gasteiger charge is -2.32. The summed E-state index contributed by atoms with van der Waals surface area (Å²) < 4.78 is 1.14. The predicted molar refractivity (Wildman–Crippen MR) is 116 cm³/mol. The molecule has 0 radical (unpaired) electrons. The van der Waals surface area contributed by atoms with Gasteiger partial charge in [0.25, 0.3) is 5.91 Å². The average Bonchev–Trinajstić information content (AvgIpc) is 2.71. The fourth-order valence-corrected chi connectivity index (χ4v) is 3.66. The van der Waals surface area contributed by atoms with Gasteiger partial charge in [0.1, 0.15) is 11.6 Å². The number of hydrogen-bond acceptors (Lipinski definition) is 3. The molecule has 1 heterocycles. The van der Waals surface area contributed by atoms with Crippen molar-refractivity contribution in [3.05, 3.63) is 75.5 Å². The summed E-state index contributed by atoms with van der Waals surface area (Å²) in [5.41, 5.74) is 2.36. The molecule has 2 aromatic carbocycles. The Hall–Kier alpha value is -2.33. The van der Waals surface area contributed by atoms with E-state index < -0.39 is 0 Å². The van der Waals surface area contributed by atoms with E-state index in [2.05, 4.69) is 52.2 Å². The standard InChI is InChI=1S/C22H22IN3O/c23-20-6-8-21(9-7-20)25-16-19(15-24)22(27)26-12-10-18(11-13-26)14-17-4-2-1-3-5-17/h1-9,16,18,25H,10-14H2/b19-16-. The fourth-order valence-electron chi connectivity index (χ4n) is 3.30. The number of nitrogens with zero attached hydrogens (tertiary/aromatic N) is 2. The lowest BCUT2D eigenvalue weighted by Crippen LogP contribution is -2.39. The smallest absolute Gasteiger partial charge is 0.266 e. The highest BCUT2D eigenvalue weighted by atomic mass is 127. The van der Waals surface area contributed by atoms with Crippen molar-refractivity contribution in [2.24, 2.45) is 5.92 Å². The number of likely N-dealkylation sites (tertiary alicyclic amines) is 1. The molecule has 1 aliphatic rings. The maximum Gasteiger partial charge on any atom is 0.266 e. The first-order chi connectivity index (χ1) is 13.2. The molecule has 27 heavy (non-hydrogen) atoms. The predicted octanol–water partition coefficient (Wildman–Crippen LogP) is 4.59. The SMILES string of the molecule is N#C/C(=C/Nc1ccc(I)cc1)C(=O)N1CCC(Cc2ccccc2)CC1. The number of nitriles is 1. The van der Waals surface area contributed by atoms with E-state index >= 15 is 0 Å². The molecule has 0 spiro atoms. The minimum Gasteiger partial charge on any atom is -0.360 e. The summed E-state index contributed by atoms with van der Waals surface area (Å²) in [4.78, 5) is 14.5. The summed E-state index contributed by atoms with van der Waals surface area (Å²) in [6, 6.07) is 20.3. The van der Waals surface area contributed by atoms with E-state index in [9.17, 15) is 10.1 Å². The molecule has 5 heteroatoms. The van der Waals surface area contributed by atoms with Crippen LogP contribution in [0.2, 0.25) is 0 Å². The molecule has 1 fully saturated rings. The van der Waals surface area contributed by atoms with Crippen LogP contribution in [0.15, 0.2) is 66.4 Å². The zero-order chi connectivity index (χ0) is 19.1. The van der Waals surface area contributed by atoms with Gasteiger partial charge >= 0.3 is 0 Å². The molecule has 138 valence electrons. The Bertz CT molecular complexity index is 832. The Morgan fingerprint density at radius 1 is 1.15 bits per heavy atom. The molecule has 0 unspecified atom stereocenters. The van der Waals surface area contributed by atoms with Crippen LogP contribution in [0.3, 0.4) is 0 Å². The summed E-state index contributed by atoms with van der Waals surface area (Å²) >= 11 is 2.24. The van der Waals surface area contributed by atoms with Crippen LogP contribution in [0.25, 0.3) is 0 Å². The minimum atomic E-state index is -0.186. The minimum absolute atomic E-state index is 0.148. The van der Waals surface area contributed by atoms with Crippen LogP contribution in [0.1, 0.15) is 18.4 Å². The number of rotatable bonds is 5. The fraction of sp³-hybridized carbons (Fsp3) is 0.273. The van der Waals surface area contributed by atoms with Crippen molar-refractivity contribution < 1.29 is 4.79 Å². The monoisotopic (exact) mass is 471 g/mol. The van der Waals surface area contributed by atoms with Crippen LogP contribution in [0.5, 0.6) is 0 Å². The molecule has 4 nitrogen and oxygen atoms in total. The van der Waals surface area contributed by atoms with Crippen LogP contribution in [0, 0.1) is 20.8 Å². The van der Waals surface area contributed by atoms with Crippen LogP contribution in [-0.4, -0.2) is 23.9 Å². The Morgan fingerprint density at radius 2 is 1.81 bits per heavy atom. The highest BCUT2D eigenvalue weighted by Gasteiger charge is 2.25. The van der Waals surface area contributed by atoms with Gasteiger partial charge in [-0.1, -0.05) is 30.3 Å². The summed E-state index contributed by atoms with van der Waals surface area (Å²) in [6.45, 7) is 1.41. The molecule has 0 saturated carbocycles. The van der Waals surface area contributed by atoms with E-state index in [-0.39, 0.29) is 11.5 Å². The van der Waals surface area contributed by atoms with Gasteiger partial charge in [0, 0.05) is 28.5 Å². The molecule has 0 bridgehead atoms. The maximum atomic E-state index is 12.7. The first-order valence-electron chi connectivity index (χ1n) is 9.11. The highest BCUT2D eigenvalue weighted by Crippen LogP contribution is 2.22. The van der Waals surface area contributed by atoms with Gasteiger partial charge < -0.3 is 10.2 Å². The summed E-state index contributed by atoms with van der Waals surface area (Å²) in [7, 11) is 0. The van der Waals surface area contributed by atoms with Crippen LogP contribution < -0.4 is 5.32 Å². The number of amides is 1. The number of nitrogens with one attached hydrogen (secondary N) is 1. The summed E-state index contributed by atoms with van der Waals surface area (Å²) in [6.07, 6.45) is 4.52. The van der Waals surface area contributed by atoms with Crippen LogP contribution in [-0.2, 0) is 11.2 Å². The molecule has 1 aliphatic heterocycles. The van der Waals surface area contributed by atoms with Crippen LogP contribution >= 0.6 is 22.6 Å². The number of halogens is 1. The molecular formula is C22H22IN3O. The average molecular weight is 471 g/mol. The van der Waals surface area contributed by atoms with Crippen molar-refractivity contribution in [1.82, 2.24) is 4.90 Å². The van der Waals surface area contributed by atoms with Crippen molar-refractivity contribution in [1.29, 1.82) is 5.26 Å². The molecule has 2 aromatic rings. The van der Waals surface area contributed by atoms with Gasteiger partial charge in [0.05, 0.1) is 0 Å². The first-order valence-corrected chi connectivity index (χ1v) is 10.2. The molecule has 3 rings (SSSR count). The zero-order valence-corrected chi connectivity index (χ0v) is 17.2. The summed E-state index contributed by atoms with van der Waals surface area (Å²) in [5.74, 6) is 0.407. The second-order valence-electron chi connectivity index (χ2n) is 6.75. The molecular weight excluding hydrogens is 449 g/mol. The number of carbonyl (C=O) groups is 1. The number of carbonyl (C=O) groups excluding carboxylic acids is 1. The van der Waals surface area contributed by atoms with Crippen LogP contribution in [0.4, 0.5) is 5.69 Å². The van der Waals surface area contributed by atoms with Gasteiger partial charge in [-0.3, -0.25) is 4.79 Å². The van der Waals surface area contributed by atoms with E-state index in [1.165, 1.54) is 11.8 Å². The number of benzene rings is 2. The van der Waals surface area contributed by atoms with Gasteiger partial charge in [-0.2, -0.15) is 5.26 Å². The molecule has 0 aromatic heterocycles. The third-order valence-corrected chi connectivity index (χ3v) is 5.57. The highest BCUT2D eigenvalue weighted by molar-refractivity contribution is 14.1. The number of hydrogen-bond donors (Lipinski definition) is 1. The van der Waals surface area contributed by atoms with Gasteiger partial charge in [-0.15, -0.1) is 0 Å². The molecule has 1 amide bonds. The van der Waals surface area contributed by atoms with E-state index in [1.54, 1.807) is 4.90 Å². The quantitative estimate of drug-likeness (QED) is 0.394. The van der Waals surface area contributed by atoms with Crippen molar-refractivity contribution in [2.75, 3.05) is 18.4 Å². The normalized spacial score (nSPS) is 15.3. The van der Waals surface area contributed by atoms with Crippen molar-refractivity contribution in [2.45, 2.75) is 19.3 Å². The third-order valence-electron chi connectivity index (χ3n) is 4.85. The second kappa shape index (κ2) is 9.56. The van der Waals surface area contributed by atoms with Crippen molar-refractivity contribution in [3.8, 4) is 6.07 Å². The Labute approximate surface area is 174 Å². The van der Waals surface area contributed by atoms with Crippen molar-refractivity contribution >= 4 is 34.2 Å². The van der Waals surface area contributed by atoms with E-state index in [0.717, 1.165) is 28.5 Å². The molecule has 1 saturated heterocycles. The third kappa shape index (κ3) is 5.57. The van der Waals surface area contributed by atoms with Crippen molar-refractivity contribution in [3.63, 3.8) is 0 Å². The molecule has 1 N–H and O–H groups in total. The van der Waals surface area contributed by atoms with E-state index in [1.807, 2.05) is 36.4 Å². The number of piperidine rings is 1. The summed E-state index contributed by atoms with van der Waals surface area (Å²) in [5, 5.41) is 12.4. The Morgan fingerprint density at radius 3 is 2.44 bits per heavy atom. The Balaban J connectivity index is 1.54. The van der Waals surface area contributed by atoms with E-state index in [0.29, 0.717) is 19.0 Å². The van der Waals surface area contributed by atoms with Gasteiger partial charge in [0.2, 0.25) is 0 Å². The van der Waals surface area contributed by atoms with Gasteiger partial charge in [-0.25, -0.2) is 0 Å². The lowest BCUT2D eigenvalue weighted by atomic mass is 9.90. The zero-order valence-electron chi connectivity index (χ0n) is 15.1.